The Morgan fingerprint density at radius 1 is 1.47 bits per heavy atom. The van der Waals surface area contributed by atoms with Gasteiger partial charge in [0.25, 0.3) is 0 Å². The predicted molar refractivity (Wildman–Crippen MR) is 62.0 cm³/mol. The van der Waals surface area contributed by atoms with Gasteiger partial charge in [0.2, 0.25) is 5.91 Å². The second kappa shape index (κ2) is 5.73. The van der Waals surface area contributed by atoms with Gasteiger partial charge in [-0.05, 0) is 19.3 Å². The van der Waals surface area contributed by atoms with Crippen molar-refractivity contribution in [3.63, 3.8) is 0 Å². The van der Waals surface area contributed by atoms with Crippen LogP contribution >= 0.6 is 0 Å². The first-order chi connectivity index (χ1) is 7.09. The van der Waals surface area contributed by atoms with Gasteiger partial charge in [0.1, 0.15) is 6.04 Å². The summed E-state index contributed by atoms with van der Waals surface area (Å²) in [6, 6.07) is -0.180. The molecule has 1 unspecified atom stereocenters. The van der Waals surface area contributed by atoms with Crippen molar-refractivity contribution in [3.05, 3.63) is 0 Å². The van der Waals surface area contributed by atoms with E-state index in [0.717, 1.165) is 31.8 Å². The third kappa shape index (κ3) is 4.32. The standard InChI is InChI=1S/C11H21N3O/c1-8(2)7-13-11(15)9(3)14-10-5-4-6-12-10/h8-9H,4-7H2,1-3H3,(H,12,14)(H,13,15). The van der Waals surface area contributed by atoms with E-state index in [1.54, 1.807) is 0 Å². The first-order valence-corrected chi connectivity index (χ1v) is 5.67. The van der Waals surface area contributed by atoms with E-state index in [-0.39, 0.29) is 11.9 Å². The Labute approximate surface area is 91.5 Å². The average Bonchev–Trinajstić information content (AvgIpc) is 2.66. The molecular weight excluding hydrogens is 190 g/mol. The Balaban J connectivity index is 2.26. The molecule has 4 nitrogen and oxygen atoms in total. The summed E-state index contributed by atoms with van der Waals surface area (Å²) in [4.78, 5) is 15.9. The maximum absolute atomic E-state index is 11.6. The van der Waals surface area contributed by atoms with E-state index in [1.165, 1.54) is 0 Å². The highest BCUT2D eigenvalue weighted by atomic mass is 16.2. The maximum atomic E-state index is 11.6. The minimum absolute atomic E-state index is 0.0540. The van der Waals surface area contributed by atoms with Gasteiger partial charge < -0.3 is 10.6 Å². The van der Waals surface area contributed by atoms with E-state index in [1.807, 2.05) is 6.92 Å². The first kappa shape index (κ1) is 12.0. The maximum Gasteiger partial charge on any atom is 0.242 e. The number of carbonyl (C=O) groups is 1. The molecule has 0 fully saturated rings. The van der Waals surface area contributed by atoms with Gasteiger partial charge in [-0.3, -0.25) is 9.79 Å². The van der Waals surface area contributed by atoms with Gasteiger partial charge >= 0.3 is 0 Å². The third-order valence-electron chi connectivity index (χ3n) is 2.34. The zero-order chi connectivity index (χ0) is 11.3. The largest absolute Gasteiger partial charge is 0.362 e. The number of carbonyl (C=O) groups excluding carboxylic acids is 1. The number of nitrogens with one attached hydrogen (secondary N) is 2. The predicted octanol–water partition coefficient (Wildman–Crippen LogP) is 0.929. The van der Waals surface area contributed by atoms with Crippen LogP contribution in [0.4, 0.5) is 0 Å². The monoisotopic (exact) mass is 211 g/mol. The Morgan fingerprint density at radius 2 is 2.20 bits per heavy atom. The second-order valence-electron chi connectivity index (χ2n) is 4.44. The molecule has 0 radical (unpaired) electrons. The normalized spacial score (nSPS) is 17.5. The van der Waals surface area contributed by atoms with Gasteiger partial charge in [0.05, 0.1) is 5.84 Å². The summed E-state index contributed by atoms with van der Waals surface area (Å²) in [6.45, 7) is 7.66. The van der Waals surface area contributed by atoms with Crippen molar-refractivity contribution in [2.45, 2.75) is 39.7 Å². The summed E-state index contributed by atoms with van der Waals surface area (Å²) >= 11 is 0. The van der Waals surface area contributed by atoms with Crippen LogP contribution in [0.5, 0.6) is 0 Å². The Morgan fingerprint density at radius 3 is 2.73 bits per heavy atom. The lowest BCUT2D eigenvalue weighted by Crippen LogP contribution is -2.45. The van der Waals surface area contributed by atoms with Crippen LogP contribution in [0, 0.1) is 5.92 Å². The molecule has 86 valence electrons. The summed E-state index contributed by atoms with van der Waals surface area (Å²) in [6.07, 6.45) is 2.07. The molecule has 1 amide bonds. The van der Waals surface area contributed by atoms with Crippen molar-refractivity contribution in [1.82, 2.24) is 10.6 Å². The van der Waals surface area contributed by atoms with Crippen molar-refractivity contribution in [2.75, 3.05) is 13.1 Å². The lowest BCUT2D eigenvalue weighted by Gasteiger charge is -2.15. The molecule has 1 rings (SSSR count). The Hall–Kier alpha value is -1.06. The van der Waals surface area contributed by atoms with Gasteiger partial charge in [-0.2, -0.15) is 0 Å². The lowest BCUT2D eigenvalue weighted by atomic mass is 10.2. The van der Waals surface area contributed by atoms with E-state index in [0.29, 0.717) is 5.92 Å². The molecule has 0 aromatic carbocycles. The number of nitrogens with zero attached hydrogens (tertiary/aromatic N) is 1. The fraction of sp³-hybridized carbons (Fsp3) is 0.818. The van der Waals surface area contributed by atoms with Gasteiger partial charge in [0, 0.05) is 19.5 Å². The van der Waals surface area contributed by atoms with Crippen LogP contribution < -0.4 is 10.6 Å². The summed E-state index contributed by atoms with van der Waals surface area (Å²) in [5, 5.41) is 6.04. The number of aliphatic imine (C=N–C) groups is 1. The molecule has 2 N–H and O–H groups in total. The molecule has 4 heteroatoms. The molecule has 15 heavy (non-hydrogen) atoms. The Bertz CT molecular complexity index is 248. The van der Waals surface area contributed by atoms with Crippen LogP contribution in [-0.4, -0.2) is 30.9 Å². The van der Waals surface area contributed by atoms with Crippen LogP contribution in [0.1, 0.15) is 33.6 Å². The summed E-state index contributed by atoms with van der Waals surface area (Å²) < 4.78 is 0. The van der Waals surface area contributed by atoms with Gasteiger partial charge in [-0.15, -0.1) is 0 Å². The molecule has 0 aromatic rings. The van der Waals surface area contributed by atoms with E-state index < -0.39 is 0 Å². The van der Waals surface area contributed by atoms with Crippen molar-refractivity contribution in [1.29, 1.82) is 0 Å². The van der Waals surface area contributed by atoms with Crippen LogP contribution in [-0.2, 0) is 4.79 Å². The van der Waals surface area contributed by atoms with E-state index in [2.05, 4.69) is 29.5 Å². The van der Waals surface area contributed by atoms with Crippen molar-refractivity contribution >= 4 is 11.7 Å². The van der Waals surface area contributed by atoms with Gasteiger partial charge in [-0.25, -0.2) is 0 Å². The zero-order valence-electron chi connectivity index (χ0n) is 9.84. The molecular formula is C11H21N3O. The number of hydrogen-bond donors (Lipinski definition) is 2. The lowest BCUT2D eigenvalue weighted by molar-refractivity contribution is -0.122. The summed E-state index contributed by atoms with van der Waals surface area (Å²) in [5.41, 5.74) is 0. The molecule has 1 heterocycles. The highest BCUT2D eigenvalue weighted by Crippen LogP contribution is 2.02. The van der Waals surface area contributed by atoms with Crippen LogP contribution in [0.3, 0.4) is 0 Å². The Kier molecular flexibility index (Phi) is 4.59. The highest BCUT2D eigenvalue weighted by molar-refractivity contribution is 5.90. The topological polar surface area (TPSA) is 53.5 Å². The van der Waals surface area contributed by atoms with Crippen LogP contribution in [0.15, 0.2) is 4.99 Å². The van der Waals surface area contributed by atoms with Gasteiger partial charge in [0.15, 0.2) is 0 Å². The number of hydrogen-bond acceptors (Lipinski definition) is 3. The minimum atomic E-state index is -0.180. The highest BCUT2D eigenvalue weighted by Gasteiger charge is 2.15. The molecule has 1 aliphatic heterocycles. The molecule has 0 saturated carbocycles. The van der Waals surface area contributed by atoms with Crippen molar-refractivity contribution in [3.8, 4) is 0 Å². The molecule has 0 saturated heterocycles. The van der Waals surface area contributed by atoms with Crippen LogP contribution in [0.25, 0.3) is 0 Å². The molecule has 0 aliphatic carbocycles. The SMILES string of the molecule is CC(C)CNC(=O)C(C)NC1=NCCC1. The zero-order valence-corrected chi connectivity index (χ0v) is 9.84. The van der Waals surface area contributed by atoms with Crippen molar-refractivity contribution in [2.24, 2.45) is 10.9 Å². The van der Waals surface area contributed by atoms with Crippen LogP contribution in [0.2, 0.25) is 0 Å². The fourth-order valence-corrected chi connectivity index (χ4v) is 1.43. The molecule has 1 aliphatic rings. The quantitative estimate of drug-likeness (QED) is 0.727. The minimum Gasteiger partial charge on any atom is -0.362 e. The fourth-order valence-electron chi connectivity index (χ4n) is 1.43. The molecule has 0 spiro atoms. The average molecular weight is 211 g/mol. The molecule has 1 atom stereocenters. The third-order valence-corrected chi connectivity index (χ3v) is 2.34. The van der Waals surface area contributed by atoms with E-state index in [9.17, 15) is 4.79 Å². The van der Waals surface area contributed by atoms with Gasteiger partial charge in [-0.1, -0.05) is 13.8 Å². The first-order valence-electron chi connectivity index (χ1n) is 5.67. The van der Waals surface area contributed by atoms with E-state index >= 15 is 0 Å². The smallest absolute Gasteiger partial charge is 0.242 e. The summed E-state index contributed by atoms with van der Waals surface area (Å²) in [5.74, 6) is 1.52. The molecule has 0 aromatic heterocycles. The van der Waals surface area contributed by atoms with Crippen molar-refractivity contribution < 1.29 is 4.79 Å². The number of amides is 1. The molecule has 0 bridgehead atoms. The van der Waals surface area contributed by atoms with E-state index in [4.69, 9.17) is 0 Å². The second-order valence-corrected chi connectivity index (χ2v) is 4.44. The number of amidine groups is 1. The summed E-state index contributed by atoms with van der Waals surface area (Å²) in [7, 11) is 0. The number of rotatable bonds is 4.